The van der Waals surface area contributed by atoms with E-state index in [0.29, 0.717) is 4.22 Å². The third kappa shape index (κ3) is 5.76. The Kier molecular flexibility index (Phi) is 9.22. The molecule has 0 saturated carbocycles. The van der Waals surface area contributed by atoms with E-state index in [4.69, 9.17) is 0 Å². The minimum Gasteiger partial charge on any atom is -0.0149 e. The van der Waals surface area contributed by atoms with Gasteiger partial charge < -0.3 is 0 Å². The summed E-state index contributed by atoms with van der Waals surface area (Å²) in [5.74, 6) is 0. The van der Waals surface area contributed by atoms with Gasteiger partial charge in [-0.2, -0.15) is 0 Å². The quantitative estimate of drug-likeness (QED) is 0.171. The van der Waals surface area contributed by atoms with Crippen molar-refractivity contribution in [3.63, 3.8) is 0 Å². The van der Waals surface area contributed by atoms with Crippen LogP contribution in [-0.4, -0.2) is 17.4 Å². The predicted octanol–water partition coefficient (Wildman–Crippen LogP) is 6.63. The predicted molar refractivity (Wildman–Crippen MR) is 157 cm³/mol. The summed E-state index contributed by atoms with van der Waals surface area (Å²) in [6, 6.07) is 37.4. The molecule has 0 radical (unpaired) electrons. The number of rotatable bonds is 6. The van der Waals surface area contributed by atoms with E-state index in [1.54, 1.807) is 0 Å². The smallest absolute Gasteiger partial charge is 0.0149 e. The molecule has 1 aliphatic carbocycles. The molecule has 0 heterocycles. The molecular formula is C32H35NOSiTi. The van der Waals surface area contributed by atoms with Crippen LogP contribution in [0, 0.1) is 0 Å². The Balaban J connectivity index is 0.000000198. The van der Waals surface area contributed by atoms with Gasteiger partial charge in [-0.1, -0.05) is 73.8 Å². The summed E-state index contributed by atoms with van der Waals surface area (Å²) in [5.41, 5.74) is 9.61. The molecule has 0 fully saturated rings. The third-order valence-corrected chi connectivity index (χ3v) is 11.2. The second-order valence-electron chi connectivity index (χ2n) is 9.28. The monoisotopic (exact) mass is 525 g/mol. The van der Waals surface area contributed by atoms with Gasteiger partial charge in [0, 0.05) is 0 Å². The molecule has 182 valence electrons. The average molecular weight is 526 g/mol. The number of benzene rings is 4. The third-order valence-electron chi connectivity index (χ3n) is 6.60. The number of allylic oxidation sites excluding steroid dienone is 2. The number of nitrogens with one attached hydrogen (secondary N) is 1. The fourth-order valence-electron chi connectivity index (χ4n) is 4.80. The minimum atomic E-state index is -2.45. The first-order valence-electron chi connectivity index (χ1n) is 11.8. The molecule has 0 atom stereocenters. The van der Waals surface area contributed by atoms with Crippen molar-refractivity contribution < 1.29 is 21.6 Å². The van der Waals surface area contributed by atoms with Gasteiger partial charge in [-0.3, -0.25) is 0 Å². The summed E-state index contributed by atoms with van der Waals surface area (Å²) in [5, 5.41) is 4.52. The zero-order chi connectivity index (χ0) is 24.8. The summed E-state index contributed by atoms with van der Waals surface area (Å²) < 4.78 is 3.54. The van der Waals surface area contributed by atoms with Gasteiger partial charge in [-0.05, 0) is 33.2 Å². The molecule has 36 heavy (non-hydrogen) atoms. The van der Waals surface area contributed by atoms with Gasteiger partial charge in [0.05, 0.1) is 0 Å². The SMILES string of the molecule is C=C(C(=C)c1ccccc1)c1ccccc1.[CH3][Ti]([CH3])([NH]C=O)[CH]1c2ccccc2-c2ccccc21.[SiH4]. The molecule has 4 aromatic rings. The molecule has 4 heteroatoms. The van der Waals surface area contributed by atoms with E-state index in [1.807, 2.05) is 36.4 Å². The summed E-state index contributed by atoms with van der Waals surface area (Å²) in [7, 11) is 0. The van der Waals surface area contributed by atoms with E-state index < -0.39 is 16.8 Å². The maximum atomic E-state index is 10.9. The van der Waals surface area contributed by atoms with Crippen molar-refractivity contribution in [1.29, 1.82) is 0 Å². The largest absolute Gasteiger partial charge is 0.0149 e. The molecule has 0 spiro atoms. The van der Waals surface area contributed by atoms with Crippen LogP contribution in [-0.2, 0) is 21.6 Å². The first-order chi connectivity index (χ1) is 16.9. The number of fused-ring (bicyclic) bond motifs is 3. The van der Waals surface area contributed by atoms with E-state index in [0.717, 1.165) is 28.7 Å². The average Bonchev–Trinajstić information content (AvgIpc) is 3.25. The molecule has 1 aliphatic rings. The number of carbonyl (C=O) groups is 1. The first kappa shape index (κ1) is 27.4. The van der Waals surface area contributed by atoms with Gasteiger partial charge in [0.2, 0.25) is 0 Å². The summed E-state index contributed by atoms with van der Waals surface area (Å²) in [6.45, 7) is 8.20. The van der Waals surface area contributed by atoms with Crippen LogP contribution < -0.4 is 3.80 Å². The molecule has 0 bridgehead atoms. The second-order valence-corrected chi connectivity index (χ2v) is 16.0. The number of carbonyl (C=O) groups excluding carboxylic acids is 1. The maximum Gasteiger partial charge on any atom is -0.0149 e. The normalized spacial score (nSPS) is 11.6. The van der Waals surface area contributed by atoms with Crippen molar-refractivity contribution in [3.05, 3.63) is 145 Å². The fourth-order valence-corrected chi connectivity index (χ4v) is 8.74. The van der Waals surface area contributed by atoms with E-state index in [2.05, 4.69) is 100 Å². The summed E-state index contributed by atoms with van der Waals surface area (Å²) in [4.78, 5) is 10.9. The van der Waals surface area contributed by atoms with Crippen LogP contribution in [0.1, 0.15) is 26.5 Å². The Hall–Kier alpha value is -3.24. The number of amides is 1. The van der Waals surface area contributed by atoms with Gasteiger partial charge in [-0.25, -0.2) is 0 Å². The Morgan fingerprint density at radius 1 is 0.667 bits per heavy atom. The second kappa shape index (κ2) is 12.1. The van der Waals surface area contributed by atoms with Crippen molar-refractivity contribution >= 4 is 28.5 Å². The van der Waals surface area contributed by atoms with E-state index >= 15 is 0 Å². The molecule has 0 saturated heterocycles. The Labute approximate surface area is 223 Å². The van der Waals surface area contributed by atoms with Crippen molar-refractivity contribution in [2.75, 3.05) is 0 Å². The Bertz CT molecular complexity index is 1250. The minimum absolute atomic E-state index is 0. The molecule has 5 rings (SSSR count). The summed E-state index contributed by atoms with van der Waals surface area (Å²) >= 11 is -2.45. The Morgan fingerprint density at radius 2 is 1.03 bits per heavy atom. The fraction of sp³-hybridized carbons (Fsp3) is 0.0938. The van der Waals surface area contributed by atoms with Crippen LogP contribution in [0.5, 0.6) is 0 Å². The van der Waals surface area contributed by atoms with Crippen molar-refractivity contribution in [2.24, 2.45) is 0 Å². The van der Waals surface area contributed by atoms with Crippen LogP contribution in [0.2, 0.25) is 10.5 Å². The van der Waals surface area contributed by atoms with Gasteiger partial charge in [-0.15, -0.1) is 0 Å². The van der Waals surface area contributed by atoms with Gasteiger partial charge >= 0.3 is 117 Å². The van der Waals surface area contributed by atoms with Crippen molar-refractivity contribution in [2.45, 2.75) is 14.7 Å². The van der Waals surface area contributed by atoms with Gasteiger partial charge in [0.1, 0.15) is 0 Å². The van der Waals surface area contributed by atoms with E-state index in [-0.39, 0.29) is 11.0 Å². The maximum absolute atomic E-state index is 10.9. The molecule has 4 aromatic carbocycles. The van der Waals surface area contributed by atoms with Crippen LogP contribution in [0.25, 0.3) is 22.3 Å². The molecule has 0 aliphatic heterocycles. The Morgan fingerprint density at radius 3 is 1.42 bits per heavy atom. The van der Waals surface area contributed by atoms with Crippen LogP contribution in [0.3, 0.4) is 0 Å². The van der Waals surface area contributed by atoms with E-state index in [1.165, 1.54) is 22.3 Å². The molecule has 1 amide bonds. The first-order valence-corrected chi connectivity index (χ1v) is 16.6. The zero-order valence-corrected chi connectivity index (χ0v) is 21.9. The van der Waals surface area contributed by atoms with Crippen molar-refractivity contribution in [3.8, 4) is 11.1 Å². The van der Waals surface area contributed by atoms with Crippen LogP contribution >= 0.6 is 0 Å². The zero-order valence-electron chi connectivity index (χ0n) is 20.4. The van der Waals surface area contributed by atoms with E-state index in [9.17, 15) is 4.79 Å². The molecule has 1 N–H and O–H groups in total. The standard InChI is InChI=1S/C16H14.C13H9.CH3NO.2CH3.H4Si.Ti/c1-13(15-9-5-3-6-10-15)14(2)16-11-7-4-8-12-16;1-3-7-12-10(5-1)9-11-6-2-4-8-13(11)12;2-1-3;;;;/h3-12H,1-2H2;1-9H;1H,(H2,2,3);2*1H3;1H4;/q;;;;;;+1/p-1. The topological polar surface area (TPSA) is 29.1 Å². The molecule has 2 nitrogen and oxygen atoms in total. The van der Waals surface area contributed by atoms with Gasteiger partial charge in [0.15, 0.2) is 0 Å². The summed E-state index contributed by atoms with van der Waals surface area (Å²) in [6.07, 6.45) is 0.879. The number of hydrogen-bond acceptors (Lipinski definition) is 1. The van der Waals surface area contributed by atoms with Crippen LogP contribution in [0.4, 0.5) is 0 Å². The molecule has 0 aromatic heterocycles. The number of hydrogen-bond donors (Lipinski definition) is 1. The van der Waals surface area contributed by atoms with Crippen molar-refractivity contribution in [1.82, 2.24) is 3.80 Å². The van der Waals surface area contributed by atoms with Crippen LogP contribution in [0.15, 0.2) is 122 Å². The van der Waals surface area contributed by atoms with Gasteiger partial charge in [0.25, 0.3) is 0 Å². The molecular weight excluding hydrogens is 490 g/mol. The molecule has 0 unspecified atom stereocenters.